The van der Waals surface area contributed by atoms with Gasteiger partial charge >= 0.3 is 0 Å². The lowest BCUT2D eigenvalue weighted by Gasteiger charge is -2.45. The lowest BCUT2D eigenvalue weighted by atomic mass is 9.75. The summed E-state index contributed by atoms with van der Waals surface area (Å²) in [7, 11) is 4.83. The van der Waals surface area contributed by atoms with Crippen LogP contribution in [0.2, 0.25) is 0 Å². The van der Waals surface area contributed by atoms with E-state index in [1.54, 1.807) is 5.57 Å². The Hall–Kier alpha value is -1.99. The predicted octanol–water partition coefficient (Wildman–Crippen LogP) is 7.84. The minimum Gasteiger partial charge on any atom is -0.274 e. The van der Waals surface area contributed by atoms with Gasteiger partial charge in [0.15, 0.2) is 0 Å². The van der Waals surface area contributed by atoms with Crippen molar-refractivity contribution in [2.45, 2.75) is 81.7 Å². The van der Waals surface area contributed by atoms with Crippen LogP contribution >= 0.6 is 0 Å². The molecule has 1 heteroatoms. The minimum atomic E-state index is 0.334. The van der Waals surface area contributed by atoms with Gasteiger partial charge in [-0.2, -0.15) is 0 Å². The molecule has 2 aromatic rings. The Labute approximate surface area is 185 Å². The van der Waals surface area contributed by atoms with E-state index in [1.165, 1.54) is 72.5 Å². The van der Waals surface area contributed by atoms with Gasteiger partial charge in [-0.15, -0.1) is 0 Å². The highest BCUT2D eigenvalue weighted by Gasteiger charge is 2.47. The average Bonchev–Trinajstić information content (AvgIpc) is 2.69. The molecule has 0 bridgehead atoms. The van der Waals surface area contributed by atoms with Gasteiger partial charge in [0.05, 0.1) is 25.2 Å². The van der Waals surface area contributed by atoms with Crippen LogP contribution in [0.25, 0.3) is 5.57 Å². The molecule has 0 saturated heterocycles. The Morgan fingerprint density at radius 1 is 0.667 bits per heavy atom. The molecule has 0 fully saturated rings. The zero-order chi connectivity index (χ0) is 22.9. The molecule has 3 rings (SSSR count). The molecule has 1 unspecified atom stereocenters. The van der Waals surface area contributed by atoms with Gasteiger partial charge in [-0.25, -0.2) is 0 Å². The molecule has 0 saturated carbocycles. The van der Waals surface area contributed by atoms with E-state index >= 15 is 0 Å². The molecule has 1 aliphatic heterocycles. The number of rotatable bonds is 2. The number of hydrogen-bond acceptors (Lipinski definition) is 0. The van der Waals surface area contributed by atoms with E-state index in [-0.39, 0.29) is 0 Å². The van der Waals surface area contributed by atoms with E-state index < -0.39 is 0 Å². The van der Waals surface area contributed by atoms with Gasteiger partial charge in [-0.3, -0.25) is 4.48 Å². The predicted molar refractivity (Wildman–Crippen MR) is 135 cm³/mol. The summed E-state index contributed by atoms with van der Waals surface area (Å²) >= 11 is 0. The highest BCUT2D eigenvalue weighted by Crippen LogP contribution is 2.53. The van der Waals surface area contributed by atoms with Gasteiger partial charge in [0.25, 0.3) is 0 Å². The van der Waals surface area contributed by atoms with Gasteiger partial charge < -0.3 is 0 Å². The molecular formula is C29H41N+2. The van der Waals surface area contributed by atoms with Crippen LogP contribution in [0.5, 0.6) is 0 Å². The van der Waals surface area contributed by atoms with Crippen molar-refractivity contribution < 1.29 is 0 Å². The molecule has 1 aliphatic rings. The summed E-state index contributed by atoms with van der Waals surface area (Å²) in [5.74, 6) is 0. The zero-order valence-corrected chi connectivity index (χ0v) is 21.4. The Morgan fingerprint density at radius 2 is 1.13 bits per heavy atom. The average molecular weight is 404 g/mol. The largest absolute Gasteiger partial charge is 0.274 e. The van der Waals surface area contributed by atoms with Crippen molar-refractivity contribution in [3.63, 3.8) is 0 Å². The molecule has 1 atom stereocenters. The van der Waals surface area contributed by atoms with E-state index in [9.17, 15) is 0 Å². The number of nitrogens with zero attached hydrogens (tertiary/aromatic N) is 1. The van der Waals surface area contributed by atoms with Gasteiger partial charge in [0, 0.05) is 31.9 Å². The molecule has 0 aliphatic carbocycles. The number of allylic oxidation sites excluding steroid dienone is 1. The van der Waals surface area contributed by atoms with E-state index in [4.69, 9.17) is 0 Å². The van der Waals surface area contributed by atoms with Crippen molar-refractivity contribution in [1.29, 1.82) is 0 Å². The second kappa shape index (κ2) is 7.31. The molecular weight excluding hydrogens is 362 g/mol. The first-order valence-electron chi connectivity index (χ1n) is 11.4. The van der Waals surface area contributed by atoms with Crippen molar-refractivity contribution in [2.75, 3.05) is 14.1 Å². The second-order valence-corrected chi connectivity index (χ2v) is 10.1. The van der Waals surface area contributed by atoms with Crippen LogP contribution < -0.4 is 4.48 Å². The second-order valence-electron chi connectivity index (χ2n) is 10.1. The van der Waals surface area contributed by atoms with Crippen molar-refractivity contribution in [1.82, 2.24) is 4.48 Å². The molecule has 1 heterocycles. The summed E-state index contributed by atoms with van der Waals surface area (Å²) in [5, 5.41) is 0. The maximum Gasteiger partial charge on any atom is 0.200 e. The third-order valence-corrected chi connectivity index (χ3v) is 8.56. The number of hydrogen-bond donors (Lipinski definition) is 0. The van der Waals surface area contributed by atoms with E-state index in [0.717, 1.165) is 10.9 Å². The van der Waals surface area contributed by atoms with Crippen molar-refractivity contribution in [2.24, 2.45) is 0 Å². The number of fused-ring (bicyclic) bond motifs is 1. The van der Waals surface area contributed by atoms with Crippen LogP contribution in [0.15, 0.2) is 5.57 Å². The molecule has 1 nitrogen and oxygen atoms in total. The highest BCUT2D eigenvalue weighted by molar-refractivity contribution is 5.87. The van der Waals surface area contributed by atoms with Gasteiger partial charge in [-0.05, 0) is 93.9 Å². The fourth-order valence-corrected chi connectivity index (χ4v) is 6.16. The fourth-order valence-electron chi connectivity index (χ4n) is 6.16. The minimum absolute atomic E-state index is 0.334. The molecule has 0 amide bonds. The standard InChI is InChI=1S/C29H41N/c1-14-25-24(11)27-22(9)18(5)19(6)23(10)28(27)30(12,13)29(25)26-20(7)16(3)15(2)17(4)21(26)8/h29H,6,14H2,1-5,7-13H3/q+2. The Kier molecular flexibility index (Phi) is 5.53. The Morgan fingerprint density at radius 3 is 1.60 bits per heavy atom. The first-order valence-corrected chi connectivity index (χ1v) is 11.4. The molecule has 2 aromatic carbocycles. The van der Waals surface area contributed by atoms with Crippen LogP contribution in [0, 0.1) is 62.3 Å². The van der Waals surface area contributed by atoms with E-state index in [1.807, 2.05) is 0 Å². The summed E-state index contributed by atoms with van der Waals surface area (Å²) in [6, 6.07) is 0.334. The summed E-state index contributed by atoms with van der Waals surface area (Å²) in [6.07, 6.45) is 1.08. The number of benzene rings is 2. The lowest BCUT2D eigenvalue weighted by Crippen LogP contribution is -2.49. The van der Waals surface area contributed by atoms with Crippen LogP contribution in [-0.4, -0.2) is 14.1 Å². The van der Waals surface area contributed by atoms with Crippen LogP contribution in [0.1, 0.15) is 87.5 Å². The molecule has 0 N–H and O–H groups in total. The summed E-state index contributed by atoms with van der Waals surface area (Å²) < 4.78 is 0.856. The smallest absolute Gasteiger partial charge is 0.200 e. The fraction of sp³-hybridized carbons (Fsp3) is 0.483. The normalized spacial score (nSPS) is 18.1. The Bertz CT molecular complexity index is 1060. The van der Waals surface area contributed by atoms with Crippen LogP contribution in [0.3, 0.4) is 0 Å². The summed E-state index contributed by atoms with van der Waals surface area (Å²) in [4.78, 5) is 0. The zero-order valence-electron chi connectivity index (χ0n) is 21.4. The van der Waals surface area contributed by atoms with Gasteiger partial charge in [-0.1, -0.05) is 6.92 Å². The lowest BCUT2D eigenvalue weighted by molar-refractivity contribution is 0.318. The third kappa shape index (κ3) is 2.82. The van der Waals surface area contributed by atoms with Gasteiger partial charge in [0.1, 0.15) is 17.2 Å². The van der Waals surface area contributed by atoms with Crippen LogP contribution in [-0.2, 0) is 0 Å². The first kappa shape index (κ1) is 22.7. The number of quaternary nitrogens is 1. The molecule has 0 spiro atoms. The SMILES string of the molecule is [CH2+]c1c(C)c(C)c2c(c1C)[N+](C)(C)C(c1c(C)c(C)c(C)c(C)c1C)C(CC)=C2C. The quantitative estimate of drug-likeness (QED) is 0.354. The molecule has 0 aromatic heterocycles. The monoisotopic (exact) mass is 403 g/mol. The maximum absolute atomic E-state index is 4.47. The van der Waals surface area contributed by atoms with E-state index in [2.05, 4.69) is 90.3 Å². The van der Waals surface area contributed by atoms with E-state index in [0.29, 0.717) is 6.04 Å². The van der Waals surface area contributed by atoms with Crippen molar-refractivity contribution in [3.05, 3.63) is 73.7 Å². The molecule has 160 valence electrons. The number of likely N-dealkylation sites (N-methyl/N-ethyl adjacent to an activating group) is 1. The molecule has 0 radical (unpaired) electrons. The third-order valence-electron chi connectivity index (χ3n) is 8.56. The first-order chi connectivity index (χ1) is 13.8. The summed E-state index contributed by atoms with van der Waals surface area (Å²) in [6.45, 7) is 27.5. The van der Waals surface area contributed by atoms with Crippen LogP contribution in [0.4, 0.5) is 5.69 Å². The summed E-state index contributed by atoms with van der Waals surface area (Å²) in [5.41, 5.74) is 20.1. The Balaban J connectivity index is 2.53. The van der Waals surface area contributed by atoms with Crippen molar-refractivity contribution >= 4 is 11.3 Å². The highest BCUT2D eigenvalue weighted by atomic mass is 15.3. The topological polar surface area (TPSA) is 0 Å². The maximum atomic E-state index is 4.47. The molecule has 30 heavy (non-hydrogen) atoms. The van der Waals surface area contributed by atoms with Crippen molar-refractivity contribution in [3.8, 4) is 0 Å². The van der Waals surface area contributed by atoms with Gasteiger partial charge in [0.2, 0.25) is 5.69 Å².